The third-order valence-corrected chi connectivity index (χ3v) is 23.1. The van der Waals surface area contributed by atoms with Gasteiger partial charge in [-0.05, 0) is 173 Å². The quantitative estimate of drug-likeness (QED) is 0.237. The summed E-state index contributed by atoms with van der Waals surface area (Å²) < 4.78 is 0. The maximum Gasteiger partial charge on any atom is 0.0988 e. The maximum absolute atomic E-state index is 10.1. The van der Waals surface area contributed by atoms with Gasteiger partial charge in [0.25, 0.3) is 0 Å². The zero-order chi connectivity index (χ0) is 45.1. The van der Waals surface area contributed by atoms with E-state index in [1.165, 1.54) is 101 Å². The number of hydrogen-bond acceptors (Lipinski definition) is 6. The van der Waals surface area contributed by atoms with Gasteiger partial charge in [-0.2, -0.15) is 10.5 Å². The van der Waals surface area contributed by atoms with Gasteiger partial charge < -0.3 is 9.80 Å². The molecule has 0 radical (unpaired) electrons. The molecular weight excluding hydrogens is 853 g/mol. The first-order chi connectivity index (χ1) is 32.8. The van der Waals surface area contributed by atoms with E-state index in [4.69, 9.17) is 0 Å². The molecule has 346 valence electrons. The Morgan fingerprint density at radius 2 is 1.76 bits per heavy atom. The highest BCUT2D eigenvalue weighted by Gasteiger charge is 2.58. The van der Waals surface area contributed by atoms with Gasteiger partial charge in [0.15, 0.2) is 0 Å². The van der Waals surface area contributed by atoms with E-state index in [0.717, 1.165) is 42.4 Å². The first-order valence-corrected chi connectivity index (χ1v) is 28.8. The van der Waals surface area contributed by atoms with Crippen LogP contribution in [0.25, 0.3) is 0 Å². The van der Waals surface area contributed by atoms with Crippen LogP contribution in [0.3, 0.4) is 0 Å². The van der Waals surface area contributed by atoms with Gasteiger partial charge in [0.05, 0.1) is 35.0 Å². The number of allylic oxidation sites excluding steroid dienone is 17. The lowest BCUT2D eigenvalue weighted by Gasteiger charge is -2.60. The number of nitrogens with zero attached hydrogens (tertiary/aromatic N) is 4. The summed E-state index contributed by atoms with van der Waals surface area (Å²) in [4.78, 5) is 7.50. The molecule has 0 amide bonds. The largest absolute Gasteiger partial charge is 0.364 e. The van der Waals surface area contributed by atoms with E-state index in [0.29, 0.717) is 52.0 Å². The highest BCUT2D eigenvalue weighted by Crippen LogP contribution is 2.67. The van der Waals surface area contributed by atoms with Crippen LogP contribution in [-0.2, 0) is 0 Å². The predicted molar refractivity (Wildman–Crippen MR) is 277 cm³/mol. The highest BCUT2D eigenvalue weighted by atomic mass is 32.2. The third kappa shape index (κ3) is 6.85. The van der Waals surface area contributed by atoms with Crippen molar-refractivity contribution in [1.82, 2.24) is 9.80 Å². The second-order valence-electron chi connectivity index (χ2n) is 23.3. The van der Waals surface area contributed by atoms with E-state index in [1.54, 1.807) is 33.0 Å². The van der Waals surface area contributed by atoms with Crippen molar-refractivity contribution in [2.75, 3.05) is 0 Å². The van der Waals surface area contributed by atoms with E-state index in [2.05, 4.69) is 139 Å². The Kier molecular flexibility index (Phi) is 10.9. The highest BCUT2D eigenvalue weighted by molar-refractivity contribution is 8.04. The zero-order valence-electron chi connectivity index (χ0n) is 40.3. The first kappa shape index (κ1) is 43.2. The van der Waals surface area contributed by atoms with Crippen LogP contribution in [0.15, 0.2) is 140 Å². The molecule has 67 heavy (non-hydrogen) atoms. The summed E-state index contributed by atoms with van der Waals surface area (Å²) >= 11 is 4.54. The molecule has 0 N–H and O–H groups in total. The van der Waals surface area contributed by atoms with Crippen molar-refractivity contribution in [2.45, 2.75) is 164 Å². The number of hydrogen-bond donors (Lipinski definition) is 0. The molecule has 11 aliphatic carbocycles. The van der Waals surface area contributed by atoms with Gasteiger partial charge >= 0.3 is 0 Å². The van der Waals surface area contributed by atoms with Gasteiger partial charge in [-0.3, -0.25) is 0 Å². The Hall–Kier alpha value is -3.84. The fraction of sp³-hybridized carbons (Fsp3) is 0.574. The average molecular weight is 923 g/mol. The molecule has 1 saturated heterocycles. The SMILES string of the molecule is CCC1CC(N(C2=CCC(C#N)C=C2)C2=CCCC3=C2SC2CCCCC32)=C2CC3C4=C(CCC3(C)C)CC(N(C3=CC=CC5C3SC3CCC=CC35)C3C=CC(C#N)=CC3)C3CCC1=C2C43. The van der Waals surface area contributed by atoms with Gasteiger partial charge in [0.1, 0.15) is 0 Å². The molecule has 2 aliphatic heterocycles. The van der Waals surface area contributed by atoms with Crippen LogP contribution < -0.4 is 0 Å². The summed E-state index contributed by atoms with van der Waals surface area (Å²) in [6.45, 7) is 7.75. The fourth-order valence-corrected chi connectivity index (χ4v) is 20.2. The van der Waals surface area contributed by atoms with E-state index in [9.17, 15) is 10.5 Å². The van der Waals surface area contributed by atoms with E-state index >= 15 is 0 Å². The number of rotatable bonds is 7. The molecule has 0 aromatic heterocycles. The summed E-state index contributed by atoms with van der Waals surface area (Å²) in [5.74, 6) is 3.99. The average Bonchev–Trinajstić information content (AvgIpc) is 3.95. The standard InChI is InChI=1S/C61H70N4S2/c1-4-38-31-53(65(41-25-21-37(35-63)22-26-41)51-16-10-14-46-44-12-6-8-18-55(44)67-60(46)51)48-33-49-56-39(29-30-61(49,2)3)32-52(47-28-27-42(38)57(48)58(47)56)64(40-23-19-36(34-62)20-24-40)50-15-9-13-45-43-11-5-7-17-54(43)66-59(45)50/h5,9,11,13,15-16,19-21,23,25-26,37-38,40,43-45,47,49,52,54-55,58-59H,4,6-8,10,12,14,17-18,22,24,27-33H2,1-3H3. The molecule has 0 aromatic carbocycles. The van der Waals surface area contributed by atoms with Crippen LogP contribution in [0.5, 0.6) is 0 Å². The Morgan fingerprint density at radius 3 is 2.58 bits per heavy atom. The van der Waals surface area contributed by atoms with Crippen molar-refractivity contribution in [3.05, 3.63) is 140 Å². The second kappa shape index (κ2) is 16.9. The molecule has 3 fully saturated rings. The molecule has 13 rings (SSSR count). The number of thioether (sulfide) groups is 2. The molecule has 13 atom stereocenters. The summed E-state index contributed by atoms with van der Waals surface area (Å²) in [7, 11) is 0. The summed E-state index contributed by atoms with van der Waals surface area (Å²) in [6.07, 6.45) is 50.8. The van der Waals surface area contributed by atoms with Crippen LogP contribution in [0.2, 0.25) is 0 Å². The lowest BCUT2D eigenvalue weighted by atomic mass is 9.47. The van der Waals surface area contributed by atoms with E-state index in [1.807, 2.05) is 16.7 Å². The monoisotopic (exact) mass is 923 g/mol. The molecule has 0 aromatic rings. The van der Waals surface area contributed by atoms with Crippen LogP contribution in [0.1, 0.15) is 136 Å². The minimum atomic E-state index is -0.0506. The maximum atomic E-state index is 10.1. The van der Waals surface area contributed by atoms with Crippen molar-refractivity contribution < 1.29 is 0 Å². The van der Waals surface area contributed by atoms with Crippen LogP contribution in [-0.4, -0.2) is 37.6 Å². The minimum absolute atomic E-state index is 0.0506. The van der Waals surface area contributed by atoms with Crippen LogP contribution >= 0.6 is 23.5 Å². The second-order valence-corrected chi connectivity index (χ2v) is 26.0. The Balaban J connectivity index is 0.972. The lowest BCUT2D eigenvalue weighted by molar-refractivity contribution is 0.0739. The molecular formula is C61H70N4S2. The van der Waals surface area contributed by atoms with E-state index < -0.39 is 0 Å². The minimum Gasteiger partial charge on any atom is -0.364 e. The van der Waals surface area contributed by atoms with Gasteiger partial charge in [-0.25, -0.2) is 0 Å². The Bertz CT molecular complexity index is 2620. The first-order valence-electron chi connectivity index (χ1n) is 27.0. The molecule has 13 aliphatic rings. The van der Waals surface area contributed by atoms with Crippen LogP contribution in [0.4, 0.5) is 0 Å². The molecule has 13 unspecified atom stereocenters. The van der Waals surface area contributed by atoms with Gasteiger partial charge in [-0.15, -0.1) is 23.5 Å². The Labute approximate surface area is 410 Å². The molecule has 4 nitrogen and oxygen atoms in total. The van der Waals surface area contributed by atoms with Crippen LogP contribution in [0, 0.1) is 75.4 Å². The summed E-state index contributed by atoms with van der Waals surface area (Å²) in [5, 5.41) is 22.1. The van der Waals surface area contributed by atoms with E-state index in [-0.39, 0.29) is 17.4 Å². The number of nitriles is 2. The lowest BCUT2D eigenvalue weighted by Crippen LogP contribution is -2.56. The molecule has 0 bridgehead atoms. The smallest absolute Gasteiger partial charge is 0.0988 e. The van der Waals surface area contributed by atoms with Crippen molar-refractivity contribution in [1.29, 1.82) is 10.5 Å². The zero-order valence-corrected chi connectivity index (χ0v) is 41.9. The van der Waals surface area contributed by atoms with Crippen molar-refractivity contribution >= 4 is 23.5 Å². The fourth-order valence-electron chi connectivity index (χ4n) is 16.5. The van der Waals surface area contributed by atoms with Gasteiger partial charge in [0.2, 0.25) is 0 Å². The van der Waals surface area contributed by atoms with Gasteiger partial charge in [-0.1, -0.05) is 105 Å². The third-order valence-electron chi connectivity index (χ3n) is 19.8. The molecule has 2 heterocycles. The molecule has 0 spiro atoms. The topological polar surface area (TPSA) is 54.1 Å². The summed E-state index contributed by atoms with van der Waals surface area (Å²) in [5.41, 5.74) is 17.9. The van der Waals surface area contributed by atoms with Crippen molar-refractivity contribution in [3.63, 3.8) is 0 Å². The summed E-state index contributed by atoms with van der Waals surface area (Å²) in [6, 6.07) is 5.75. The van der Waals surface area contributed by atoms with Crippen molar-refractivity contribution in [3.8, 4) is 12.1 Å². The van der Waals surface area contributed by atoms with Crippen molar-refractivity contribution in [2.24, 2.45) is 52.8 Å². The molecule has 2 saturated carbocycles. The number of fused-ring (bicyclic) bond motifs is 5. The predicted octanol–water partition coefficient (Wildman–Crippen LogP) is 15.0. The van der Waals surface area contributed by atoms with Gasteiger partial charge in [0, 0.05) is 55.9 Å². The Morgan fingerprint density at radius 1 is 0.851 bits per heavy atom. The normalized spacial score (nSPS) is 39.5. The molecule has 6 heteroatoms.